The average molecular weight is 406 g/mol. The van der Waals surface area contributed by atoms with E-state index in [1.165, 1.54) is 11.1 Å². The maximum Gasteiger partial charge on any atom is 0.321 e. The molecule has 0 heterocycles. The van der Waals surface area contributed by atoms with Gasteiger partial charge in [-0.05, 0) is 66.8 Å². The van der Waals surface area contributed by atoms with Crippen molar-refractivity contribution in [2.75, 3.05) is 18.5 Å². The fourth-order valence-corrected chi connectivity index (χ4v) is 3.86. The first kappa shape index (κ1) is 20.0. The number of carbonyl (C=O) groups is 2. The maximum absolute atomic E-state index is 12.9. The van der Waals surface area contributed by atoms with Gasteiger partial charge in [-0.2, -0.15) is 4.72 Å². The summed E-state index contributed by atoms with van der Waals surface area (Å²) in [6.45, 7) is -1.18. The van der Waals surface area contributed by atoms with Crippen LogP contribution in [-0.2, 0) is 37.2 Å². The minimum Gasteiger partial charge on any atom is -0.455 e. The van der Waals surface area contributed by atoms with Crippen LogP contribution < -0.4 is 10.0 Å². The highest BCUT2D eigenvalue weighted by molar-refractivity contribution is 7.89. The zero-order valence-corrected chi connectivity index (χ0v) is 15.7. The Labute approximate surface area is 161 Å². The highest BCUT2D eigenvalue weighted by atomic mass is 32.2. The fraction of sp³-hybridized carbons (Fsp3) is 0.263. The number of aryl methyl sites for hydroxylation is 2. The smallest absolute Gasteiger partial charge is 0.321 e. The fourth-order valence-electron chi connectivity index (χ4n) is 2.89. The Morgan fingerprint density at radius 2 is 1.75 bits per heavy atom. The Bertz CT molecular complexity index is 990. The van der Waals surface area contributed by atoms with E-state index in [2.05, 4.69) is 5.32 Å². The van der Waals surface area contributed by atoms with Crippen molar-refractivity contribution in [3.63, 3.8) is 0 Å². The number of anilines is 1. The van der Waals surface area contributed by atoms with Crippen LogP contribution in [0.5, 0.6) is 0 Å². The predicted molar refractivity (Wildman–Crippen MR) is 99.6 cm³/mol. The van der Waals surface area contributed by atoms with Crippen LogP contribution in [0.15, 0.2) is 47.4 Å². The first-order valence-electron chi connectivity index (χ1n) is 8.66. The zero-order chi connectivity index (χ0) is 20.1. The molecule has 0 atom stereocenters. The molecule has 0 saturated carbocycles. The van der Waals surface area contributed by atoms with Gasteiger partial charge >= 0.3 is 5.97 Å². The molecule has 0 bridgehead atoms. The van der Waals surface area contributed by atoms with Gasteiger partial charge in [0.15, 0.2) is 6.61 Å². The van der Waals surface area contributed by atoms with Crippen LogP contribution in [0.2, 0.25) is 0 Å². The van der Waals surface area contributed by atoms with Crippen molar-refractivity contribution in [3.05, 3.63) is 59.4 Å². The summed E-state index contributed by atoms with van der Waals surface area (Å²) in [6.07, 6.45) is 3.11. The third-order valence-electron chi connectivity index (χ3n) is 4.28. The number of amides is 1. The van der Waals surface area contributed by atoms with Gasteiger partial charge in [-0.1, -0.05) is 6.07 Å². The van der Waals surface area contributed by atoms with Gasteiger partial charge in [0.25, 0.3) is 5.91 Å². The normalized spacial score (nSPS) is 13.0. The van der Waals surface area contributed by atoms with Gasteiger partial charge in [0.1, 0.15) is 12.4 Å². The lowest BCUT2D eigenvalue weighted by Crippen LogP contribution is -2.32. The first-order valence-corrected chi connectivity index (χ1v) is 10.1. The lowest BCUT2D eigenvalue weighted by molar-refractivity contribution is -0.146. The molecule has 148 valence electrons. The van der Waals surface area contributed by atoms with Crippen molar-refractivity contribution in [3.8, 4) is 0 Å². The number of rotatable bonds is 7. The Morgan fingerprint density at radius 1 is 1.04 bits per heavy atom. The largest absolute Gasteiger partial charge is 0.455 e. The number of ether oxygens (including phenoxy) is 1. The summed E-state index contributed by atoms with van der Waals surface area (Å²) in [5.41, 5.74) is 3.10. The Morgan fingerprint density at radius 3 is 2.50 bits per heavy atom. The monoisotopic (exact) mass is 406 g/mol. The number of carbonyl (C=O) groups excluding carboxylic acids is 2. The van der Waals surface area contributed by atoms with E-state index in [9.17, 15) is 22.4 Å². The Balaban J connectivity index is 1.45. The van der Waals surface area contributed by atoms with E-state index in [1.807, 2.05) is 16.9 Å². The van der Waals surface area contributed by atoms with Gasteiger partial charge < -0.3 is 10.1 Å². The molecule has 0 unspecified atom stereocenters. The van der Waals surface area contributed by atoms with Crippen LogP contribution in [0.4, 0.5) is 10.1 Å². The van der Waals surface area contributed by atoms with Crippen LogP contribution in [0, 0.1) is 5.82 Å². The maximum atomic E-state index is 12.9. The minimum absolute atomic E-state index is 0.184. The molecule has 0 aliphatic heterocycles. The molecular formula is C19H19FN2O5S. The lowest BCUT2D eigenvalue weighted by Gasteiger charge is -2.09. The Hall–Kier alpha value is -2.78. The van der Waals surface area contributed by atoms with Crippen LogP contribution in [-0.4, -0.2) is 33.4 Å². The van der Waals surface area contributed by atoms with Crippen molar-refractivity contribution in [2.24, 2.45) is 0 Å². The highest BCUT2D eigenvalue weighted by Crippen LogP contribution is 2.24. The standard InChI is InChI=1S/C19H19FN2O5S/c20-15-5-8-17(9-6-15)28(25,26)21-11-19(24)27-12-18(23)22-16-7-4-13-2-1-3-14(13)10-16/h4-10,21H,1-3,11-12H2,(H,22,23). The SMILES string of the molecule is O=C(COC(=O)CNS(=O)(=O)c1ccc(F)cc1)Nc1ccc2c(c1)CCC2. The van der Waals surface area contributed by atoms with E-state index in [-0.39, 0.29) is 4.90 Å². The highest BCUT2D eigenvalue weighted by Gasteiger charge is 2.17. The molecule has 0 fully saturated rings. The van der Waals surface area contributed by atoms with E-state index in [0.717, 1.165) is 43.5 Å². The van der Waals surface area contributed by atoms with E-state index in [0.29, 0.717) is 5.69 Å². The summed E-state index contributed by atoms with van der Waals surface area (Å²) >= 11 is 0. The quantitative estimate of drug-likeness (QED) is 0.683. The van der Waals surface area contributed by atoms with Gasteiger partial charge in [0, 0.05) is 5.69 Å². The average Bonchev–Trinajstić information content (AvgIpc) is 3.13. The molecule has 9 heteroatoms. The second-order valence-electron chi connectivity index (χ2n) is 6.32. The second kappa shape index (κ2) is 8.49. The number of hydrogen-bond acceptors (Lipinski definition) is 5. The molecule has 3 rings (SSSR count). The summed E-state index contributed by atoms with van der Waals surface area (Å²) in [5, 5.41) is 2.64. The topological polar surface area (TPSA) is 102 Å². The van der Waals surface area contributed by atoms with Crippen LogP contribution >= 0.6 is 0 Å². The zero-order valence-electron chi connectivity index (χ0n) is 14.9. The Kier molecular flexibility index (Phi) is 6.05. The number of nitrogens with one attached hydrogen (secondary N) is 2. The van der Waals surface area contributed by atoms with E-state index in [1.54, 1.807) is 6.07 Å². The van der Waals surface area contributed by atoms with E-state index in [4.69, 9.17) is 4.74 Å². The van der Waals surface area contributed by atoms with Crippen LogP contribution in [0.1, 0.15) is 17.5 Å². The number of halogens is 1. The molecule has 2 N–H and O–H groups in total. The number of hydrogen-bond donors (Lipinski definition) is 2. The molecule has 1 amide bonds. The molecule has 0 saturated heterocycles. The number of sulfonamides is 1. The van der Waals surface area contributed by atoms with Crippen molar-refractivity contribution in [1.29, 1.82) is 0 Å². The predicted octanol–water partition coefficient (Wildman–Crippen LogP) is 1.77. The first-order chi connectivity index (χ1) is 13.3. The summed E-state index contributed by atoms with van der Waals surface area (Å²) < 4.78 is 43.7. The molecule has 0 spiro atoms. The molecule has 2 aromatic rings. The van der Waals surface area contributed by atoms with Gasteiger partial charge in [-0.25, -0.2) is 12.8 Å². The third kappa shape index (κ3) is 5.14. The minimum atomic E-state index is -3.98. The van der Waals surface area contributed by atoms with Crippen molar-refractivity contribution < 1.29 is 27.1 Å². The van der Waals surface area contributed by atoms with Crippen molar-refractivity contribution >= 4 is 27.6 Å². The number of esters is 1. The van der Waals surface area contributed by atoms with Crippen molar-refractivity contribution in [2.45, 2.75) is 24.2 Å². The van der Waals surface area contributed by atoms with Gasteiger partial charge in [0.2, 0.25) is 10.0 Å². The summed E-state index contributed by atoms with van der Waals surface area (Å²) in [6, 6.07) is 9.81. The van der Waals surface area contributed by atoms with E-state index >= 15 is 0 Å². The molecule has 0 aromatic heterocycles. The summed E-state index contributed by atoms with van der Waals surface area (Å²) in [4.78, 5) is 23.4. The number of fused-ring (bicyclic) bond motifs is 1. The summed E-state index contributed by atoms with van der Waals surface area (Å²) in [5.74, 6) is -2.00. The van der Waals surface area contributed by atoms with E-state index < -0.39 is 40.9 Å². The molecule has 2 aromatic carbocycles. The molecular weight excluding hydrogens is 387 g/mol. The third-order valence-corrected chi connectivity index (χ3v) is 5.69. The second-order valence-corrected chi connectivity index (χ2v) is 8.09. The molecule has 28 heavy (non-hydrogen) atoms. The van der Waals surface area contributed by atoms with Crippen molar-refractivity contribution in [1.82, 2.24) is 4.72 Å². The number of benzene rings is 2. The van der Waals surface area contributed by atoms with Crippen LogP contribution in [0.3, 0.4) is 0 Å². The van der Waals surface area contributed by atoms with Gasteiger partial charge in [0.05, 0.1) is 4.90 Å². The van der Waals surface area contributed by atoms with Gasteiger partial charge in [-0.15, -0.1) is 0 Å². The van der Waals surface area contributed by atoms with Gasteiger partial charge in [-0.3, -0.25) is 9.59 Å². The molecule has 1 aliphatic carbocycles. The van der Waals surface area contributed by atoms with Crippen LogP contribution in [0.25, 0.3) is 0 Å². The molecule has 1 aliphatic rings. The molecule has 7 nitrogen and oxygen atoms in total. The lowest BCUT2D eigenvalue weighted by atomic mass is 10.1. The molecule has 0 radical (unpaired) electrons. The summed E-state index contributed by atoms with van der Waals surface area (Å²) in [7, 11) is -3.98.